The smallest absolute Gasteiger partial charge is 0.308 e. The number of benzene rings is 2. The number of nitrogens with two attached hydrogens (primary N) is 2. The molecule has 36 heavy (non-hydrogen) atoms. The molecule has 9 nitrogen and oxygen atoms in total. The van der Waals surface area contributed by atoms with Gasteiger partial charge in [0, 0.05) is 28.8 Å². The summed E-state index contributed by atoms with van der Waals surface area (Å²) in [5.41, 5.74) is 6.65. The Kier molecular flexibility index (Phi) is 22.6. The van der Waals surface area contributed by atoms with Gasteiger partial charge in [0.1, 0.15) is 5.76 Å². The van der Waals surface area contributed by atoms with Crippen LogP contribution in [0, 0.1) is 0 Å². The largest absolute Gasteiger partial charge is 0.760 e. The highest BCUT2D eigenvalue weighted by Gasteiger charge is 2.02. The maximum absolute atomic E-state index is 10.8. The molecule has 2 aromatic carbocycles. The van der Waals surface area contributed by atoms with Crippen molar-refractivity contribution in [3.05, 3.63) is 95.9 Å². The third-order valence-electron chi connectivity index (χ3n) is 3.51. The van der Waals surface area contributed by atoms with Crippen molar-refractivity contribution in [2.45, 2.75) is 19.9 Å². The fourth-order valence-electron chi connectivity index (χ4n) is 1.92. The number of rotatable bonds is 6. The summed E-state index contributed by atoms with van der Waals surface area (Å²) in [6, 6.07) is 21.9. The first-order valence-corrected chi connectivity index (χ1v) is 11.9. The Hall–Kier alpha value is -2.58. The number of hydrogen-bond donors (Lipinski definition) is 3. The molecule has 1 atom stereocenters. The van der Waals surface area contributed by atoms with Gasteiger partial charge in [-0.05, 0) is 24.4 Å². The molecule has 0 saturated carbocycles. The molecular formula is C23H28ClN2O7S3-. The Bertz CT molecular complexity index is 1010. The third-order valence-corrected chi connectivity index (χ3v) is 4.12. The number of furan rings is 1. The van der Waals surface area contributed by atoms with Gasteiger partial charge in [0.15, 0.2) is 5.05 Å². The van der Waals surface area contributed by atoms with Gasteiger partial charge in [-0.3, -0.25) is 18.9 Å². The standard InChI is InChI=1S/C11H12O3S.C7H6OS.C5H7NO.ClH.H3NO2S/c1-2-10(12)13-8-14-11(15)9-6-4-3-5-7-9;8-7(9)6-4-2-1-3-5-6;6-4-5-2-1-3-7-5;;1-4(2)3/h3-7H,2,8H2,1H3;1-5H,(H,8,9);1-3H,4,6H2;1H;1H2,(H,2,3)/p-1. The van der Waals surface area contributed by atoms with E-state index >= 15 is 0 Å². The van der Waals surface area contributed by atoms with Crippen LogP contribution in [-0.4, -0.2) is 31.7 Å². The molecule has 3 rings (SSSR count). The Balaban J connectivity index is 0. The maximum Gasteiger partial charge on any atom is 0.308 e. The second-order valence-corrected chi connectivity index (χ2v) is 7.30. The first-order chi connectivity index (χ1) is 16.7. The van der Waals surface area contributed by atoms with Crippen LogP contribution in [0.1, 0.15) is 35.0 Å². The SMILES string of the molecule is CCC(=O)OCOC(=S)c1ccccc1.Cl.NCc1ccco1.NS(=O)[O-].O=C(S)c1ccccc1. The van der Waals surface area contributed by atoms with Crippen molar-refractivity contribution < 1.29 is 32.2 Å². The van der Waals surface area contributed by atoms with Gasteiger partial charge in [-0.2, -0.15) is 0 Å². The van der Waals surface area contributed by atoms with Crippen molar-refractivity contribution in [2.24, 2.45) is 10.9 Å². The summed E-state index contributed by atoms with van der Waals surface area (Å²) in [6.45, 7) is 2.09. The molecule has 0 amide bonds. The molecule has 0 radical (unpaired) electrons. The molecule has 0 spiro atoms. The van der Waals surface area contributed by atoms with E-state index in [0.717, 1.165) is 11.3 Å². The zero-order valence-corrected chi connectivity index (χ0v) is 22.7. The molecule has 0 saturated heterocycles. The summed E-state index contributed by atoms with van der Waals surface area (Å²) < 4.78 is 32.2. The fourth-order valence-corrected chi connectivity index (χ4v) is 2.25. The number of esters is 1. The van der Waals surface area contributed by atoms with E-state index in [9.17, 15) is 9.59 Å². The molecular weight excluding hydrogens is 548 g/mol. The van der Waals surface area contributed by atoms with E-state index in [0.29, 0.717) is 23.6 Å². The van der Waals surface area contributed by atoms with Crippen LogP contribution in [0.5, 0.6) is 0 Å². The van der Waals surface area contributed by atoms with Crippen molar-refractivity contribution in [3.8, 4) is 0 Å². The van der Waals surface area contributed by atoms with Gasteiger partial charge in [-0.15, -0.1) is 25.0 Å². The highest BCUT2D eigenvalue weighted by Crippen LogP contribution is 2.03. The average molecular weight is 576 g/mol. The fraction of sp³-hybridized carbons (Fsp3) is 0.174. The van der Waals surface area contributed by atoms with Crippen LogP contribution in [0.2, 0.25) is 0 Å². The third kappa shape index (κ3) is 19.7. The number of hydrogen-bond acceptors (Lipinski definition) is 9. The number of halogens is 1. The van der Waals surface area contributed by atoms with E-state index in [4.69, 9.17) is 40.6 Å². The Labute approximate surface area is 229 Å². The lowest BCUT2D eigenvalue weighted by Gasteiger charge is -2.07. The molecule has 13 heteroatoms. The molecule has 1 unspecified atom stereocenters. The normalized spacial score (nSPS) is 9.69. The molecule has 0 aliphatic rings. The first-order valence-electron chi connectivity index (χ1n) is 9.93. The van der Waals surface area contributed by atoms with Gasteiger partial charge >= 0.3 is 5.97 Å². The van der Waals surface area contributed by atoms with E-state index in [1.54, 1.807) is 25.3 Å². The minimum absolute atomic E-state index is 0. The molecule has 0 aliphatic heterocycles. The van der Waals surface area contributed by atoms with Crippen LogP contribution in [0.15, 0.2) is 83.5 Å². The van der Waals surface area contributed by atoms with Crippen molar-refractivity contribution in [1.29, 1.82) is 0 Å². The molecule has 1 aromatic heterocycles. The number of thiol groups is 1. The quantitative estimate of drug-likeness (QED) is 0.130. The Morgan fingerprint density at radius 3 is 1.83 bits per heavy atom. The second-order valence-electron chi connectivity index (χ2n) is 6.00. The monoisotopic (exact) mass is 575 g/mol. The lowest BCUT2D eigenvalue weighted by Crippen LogP contribution is -2.11. The maximum atomic E-state index is 10.8. The van der Waals surface area contributed by atoms with Crippen LogP contribution in [-0.2, 0) is 32.1 Å². The molecule has 0 bridgehead atoms. The number of ether oxygens (including phenoxy) is 2. The van der Waals surface area contributed by atoms with Gasteiger partial charge in [0.25, 0.3) is 0 Å². The van der Waals surface area contributed by atoms with Crippen molar-refractivity contribution >= 4 is 64.7 Å². The first kappa shape index (κ1) is 35.6. The van der Waals surface area contributed by atoms with Crippen LogP contribution >= 0.6 is 37.3 Å². The molecule has 1 heterocycles. The predicted molar refractivity (Wildman–Crippen MR) is 147 cm³/mol. The van der Waals surface area contributed by atoms with E-state index in [1.165, 1.54) is 0 Å². The topological polar surface area (TPSA) is 158 Å². The zero-order chi connectivity index (χ0) is 26.5. The summed E-state index contributed by atoms with van der Waals surface area (Å²) >= 11 is 6.28. The van der Waals surface area contributed by atoms with Crippen LogP contribution in [0.25, 0.3) is 0 Å². The van der Waals surface area contributed by atoms with Gasteiger partial charge in [0.05, 0.1) is 12.8 Å². The summed E-state index contributed by atoms with van der Waals surface area (Å²) in [4.78, 5) is 21.3. The molecule has 4 N–H and O–H groups in total. The van der Waals surface area contributed by atoms with Gasteiger partial charge in [-0.25, -0.2) is 0 Å². The minimum Gasteiger partial charge on any atom is -0.760 e. The highest BCUT2D eigenvalue weighted by molar-refractivity contribution is 7.97. The molecule has 198 valence electrons. The summed E-state index contributed by atoms with van der Waals surface area (Å²) in [5.74, 6) is 0.533. The number of carbonyl (C=O) groups is 2. The molecule has 3 aromatic rings. The summed E-state index contributed by atoms with van der Waals surface area (Å²) in [5, 5.41) is 4.18. The van der Waals surface area contributed by atoms with E-state index in [-0.39, 0.29) is 30.3 Å². The lowest BCUT2D eigenvalue weighted by molar-refractivity contribution is -0.150. The summed E-state index contributed by atoms with van der Waals surface area (Å²) in [7, 11) is 0. The van der Waals surface area contributed by atoms with E-state index < -0.39 is 11.3 Å². The van der Waals surface area contributed by atoms with Crippen LogP contribution in [0.4, 0.5) is 0 Å². The lowest BCUT2D eigenvalue weighted by atomic mass is 10.2. The average Bonchev–Trinajstić information content (AvgIpc) is 3.39. The van der Waals surface area contributed by atoms with Crippen LogP contribution in [0.3, 0.4) is 0 Å². The minimum atomic E-state index is -2.36. The Morgan fingerprint density at radius 1 is 1.00 bits per heavy atom. The van der Waals surface area contributed by atoms with E-state index in [2.05, 4.69) is 17.8 Å². The van der Waals surface area contributed by atoms with Gasteiger partial charge in [-0.1, -0.05) is 67.6 Å². The molecule has 0 aliphatic carbocycles. The van der Waals surface area contributed by atoms with Crippen molar-refractivity contribution in [1.82, 2.24) is 0 Å². The summed E-state index contributed by atoms with van der Waals surface area (Å²) in [6.07, 6.45) is 1.95. The Morgan fingerprint density at radius 2 is 1.50 bits per heavy atom. The second kappa shape index (κ2) is 22.9. The van der Waals surface area contributed by atoms with E-state index in [1.807, 2.05) is 60.7 Å². The molecule has 0 fully saturated rings. The number of carbonyl (C=O) groups excluding carboxylic acids is 2. The number of thiocarbonyl (C=S) groups is 1. The highest BCUT2D eigenvalue weighted by atomic mass is 35.5. The van der Waals surface area contributed by atoms with Gasteiger partial charge in [0.2, 0.25) is 11.9 Å². The van der Waals surface area contributed by atoms with Crippen LogP contribution < -0.4 is 10.9 Å². The predicted octanol–water partition coefficient (Wildman–Crippen LogP) is 3.95. The zero-order valence-electron chi connectivity index (χ0n) is 19.3. The van der Waals surface area contributed by atoms with Gasteiger partial charge < -0.3 is 24.2 Å². The van der Waals surface area contributed by atoms with Crippen molar-refractivity contribution in [3.63, 3.8) is 0 Å². The van der Waals surface area contributed by atoms with Crippen molar-refractivity contribution in [2.75, 3.05) is 6.79 Å².